The first-order valence-electron chi connectivity index (χ1n) is 6.09. The minimum Gasteiger partial charge on any atom is -0.306 e. The van der Waals surface area contributed by atoms with E-state index in [2.05, 4.69) is 36.7 Å². The molecule has 1 nitrogen and oxygen atoms in total. The first-order valence-corrected chi connectivity index (χ1v) is 6.97. The highest BCUT2D eigenvalue weighted by atomic mass is 32.1. The summed E-state index contributed by atoms with van der Waals surface area (Å²) in [5, 5.41) is 5.98. The van der Waals surface area contributed by atoms with Crippen LogP contribution >= 0.6 is 11.3 Å². The molecular weight excluding hydrogens is 202 g/mol. The van der Waals surface area contributed by atoms with E-state index >= 15 is 0 Å². The molecule has 1 aromatic heterocycles. The van der Waals surface area contributed by atoms with Crippen molar-refractivity contribution in [3.63, 3.8) is 0 Å². The van der Waals surface area contributed by atoms with E-state index in [4.69, 9.17) is 0 Å². The van der Waals surface area contributed by atoms with Crippen LogP contribution < -0.4 is 5.32 Å². The Labute approximate surface area is 96.9 Å². The van der Waals surface area contributed by atoms with Crippen LogP contribution in [0.2, 0.25) is 0 Å². The zero-order valence-corrected chi connectivity index (χ0v) is 10.5. The minimum atomic E-state index is 0.604. The summed E-state index contributed by atoms with van der Waals surface area (Å²) in [6.07, 6.45) is 5.26. The van der Waals surface area contributed by atoms with Crippen molar-refractivity contribution in [2.45, 2.75) is 51.6 Å². The summed E-state index contributed by atoms with van der Waals surface area (Å²) in [5.74, 6) is 0.938. The summed E-state index contributed by atoms with van der Waals surface area (Å²) >= 11 is 1.89. The van der Waals surface area contributed by atoms with Gasteiger partial charge >= 0.3 is 0 Å². The average molecular weight is 223 g/mol. The fourth-order valence-corrected chi connectivity index (χ4v) is 3.23. The highest BCUT2D eigenvalue weighted by Crippen LogP contribution is 2.31. The monoisotopic (exact) mass is 223 g/mol. The summed E-state index contributed by atoms with van der Waals surface area (Å²) in [5.41, 5.74) is 0. The average Bonchev–Trinajstić information content (AvgIpc) is 2.67. The molecule has 1 aliphatic rings. The number of hydrogen-bond acceptors (Lipinski definition) is 2. The Morgan fingerprint density at radius 2 is 2.33 bits per heavy atom. The van der Waals surface area contributed by atoms with Crippen molar-refractivity contribution in [3.05, 3.63) is 22.4 Å². The second kappa shape index (κ2) is 5.13. The molecular formula is C13H21NS. The van der Waals surface area contributed by atoms with Gasteiger partial charge < -0.3 is 5.32 Å². The Kier molecular flexibility index (Phi) is 3.81. The first-order chi connectivity index (χ1) is 7.29. The summed E-state index contributed by atoms with van der Waals surface area (Å²) in [6.45, 7) is 4.61. The molecule has 0 aromatic carbocycles. The molecule has 15 heavy (non-hydrogen) atoms. The molecule has 1 aromatic rings. The number of nitrogens with one attached hydrogen (secondary N) is 1. The van der Waals surface area contributed by atoms with Crippen LogP contribution in [0.3, 0.4) is 0 Å². The SMILES string of the molecule is CCCC(NC1CC(C)C1)c1cccs1. The van der Waals surface area contributed by atoms with Crippen molar-refractivity contribution in [3.8, 4) is 0 Å². The van der Waals surface area contributed by atoms with Gasteiger partial charge in [-0.1, -0.05) is 26.3 Å². The maximum Gasteiger partial charge on any atom is 0.0416 e. The summed E-state index contributed by atoms with van der Waals surface area (Å²) in [7, 11) is 0. The van der Waals surface area contributed by atoms with Gasteiger partial charge in [-0.2, -0.15) is 0 Å². The highest BCUT2D eigenvalue weighted by molar-refractivity contribution is 7.10. The second-order valence-corrected chi connectivity index (χ2v) is 5.78. The van der Waals surface area contributed by atoms with Crippen LogP contribution in [-0.2, 0) is 0 Å². The zero-order valence-electron chi connectivity index (χ0n) is 9.70. The van der Waals surface area contributed by atoms with Gasteiger partial charge in [0.25, 0.3) is 0 Å². The van der Waals surface area contributed by atoms with Crippen LogP contribution in [0.4, 0.5) is 0 Å². The molecule has 0 aliphatic heterocycles. The molecule has 1 fully saturated rings. The Morgan fingerprint density at radius 1 is 1.53 bits per heavy atom. The van der Waals surface area contributed by atoms with E-state index in [1.54, 1.807) is 0 Å². The third-order valence-corrected chi connectivity index (χ3v) is 4.26. The Hall–Kier alpha value is -0.340. The lowest BCUT2D eigenvalue weighted by Gasteiger charge is -2.36. The van der Waals surface area contributed by atoms with E-state index < -0.39 is 0 Å². The van der Waals surface area contributed by atoms with Crippen LogP contribution in [-0.4, -0.2) is 6.04 Å². The third kappa shape index (κ3) is 2.82. The smallest absolute Gasteiger partial charge is 0.0416 e. The van der Waals surface area contributed by atoms with Crippen LogP contribution in [0, 0.1) is 5.92 Å². The normalized spacial score (nSPS) is 27.3. The van der Waals surface area contributed by atoms with Crippen LogP contribution in [0.25, 0.3) is 0 Å². The van der Waals surface area contributed by atoms with Gasteiger partial charge in [0.2, 0.25) is 0 Å². The van der Waals surface area contributed by atoms with Crippen molar-refractivity contribution < 1.29 is 0 Å². The van der Waals surface area contributed by atoms with Gasteiger partial charge in [0.1, 0.15) is 0 Å². The minimum absolute atomic E-state index is 0.604. The second-order valence-electron chi connectivity index (χ2n) is 4.80. The van der Waals surface area contributed by atoms with E-state index in [0.717, 1.165) is 12.0 Å². The summed E-state index contributed by atoms with van der Waals surface area (Å²) in [6, 6.07) is 5.81. The number of thiophene rings is 1. The van der Waals surface area contributed by atoms with Gasteiger partial charge in [-0.05, 0) is 36.6 Å². The molecule has 2 heteroatoms. The van der Waals surface area contributed by atoms with E-state index in [0.29, 0.717) is 6.04 Å². The van der Waals surface area contributed by atoms with Crippen molar-refractivity contribution >= 4 is 11.3 Å². The van der Waals surface area contributed by atoms with Crippen molar-refractivity contribution in [1.82, 2.24) is 5.32 Å². The van der Waals surface area contributed by atoms with Gasteiger partial charge in [-0.15, -0.1) is 11.3 Å². The van der Waals surface area contributed by atoms with Gasteiger partial charge in [-0.25, -0.2) is 0 Å². The molecule has 0 saturated heterocycles. The number of hydrogen-bond donors (Lipinski definition) is 1. The lowest BCUT2D eigenvalue weighted by Crippen LogP contribution is -2.41. The lowest BCUT2D eigenvalue weighted by molar-refractivity contribution is 0.219. The van der Waals surface area contributed by atoms with Gasteiger partial charge in [0.15, 0.2) is 0 Å². The first kappa shape index (κ1) is 11.2. The molecule has 1 N–H and O–H groups in total. The van der Waals surface area contributed by atoms with Crippen LogP contribution in [0.5, 0.6) is 0 Å². The van der Waals surface area contributed by atoms with Gasteiger partial charge in [-0.3, -0.25) is 0 Å². The molecule has 1 atom stereocenters. The molecule has 2 rings (SSSR count). The van der Waals surface area contributed by atoms with Gasteiger partial charge in [0, 0.05) is 17.0 Å². The van der Waals surface area contributed by atoms with Crippen molar-refractivity contribution in [2.75, 3.05) is 0 Å². The van der Waals surface area contributed by atoms with E-state index in [1.165, 1.54) is 30.6 Å². The molecule has 1 aliphatic carbocycles. The number of rotatable bonds is 5. The topological polar surface area (TPSA) is 12.0 Å². The Morgan fingerprint density at radius 3 is 2.87 bits per heavy atom. The van der Waals surface area contributed by atoms with Gasteiger partial charge in [0.05, 0.1) is 0 Å². The zero-order chi connectivity index (χ0) is 10.7. The molecule has 1 heterocycles. The highest BCUT2D eigenvalue weighted by Gasteiger charge is 2.27. The lowest BCUT2D eigenvalue weighted by atomic mass is 9.81. The maximum atomic E-state index is 3.80. The quantitative estimate of drug-likeness (QED) is 0.796. The van der Waals surface area contributed by atoms with E-state index in [9.17, 15) is 0 Å². The molecule has 1 unspecified atom stereocenters. The Balaban J connectivity index is 1.89. The predicted molar refractivity (Wildman–Crippen MR) is 67.3 cm³/mol. The maximum absolute atomic E-state index is 3.80. The standard InChI is InChI=1S/C13H21NS/c1-3-5-12(13-6-4-7-15-13)14-11-8-10(2)9-11/h4,6-7,10-12,14H,3,5,8-9H2,1-2H3. The molecule has 1 saturated carbocycles. The predicted octanol–water partition coefficient (Wildman–Crippen LogP) is 3.98. The summed E-state index contributed by atoms with van der Waals surface area (Å²) < 4.78 is 0. The Bertz CT molecular complexity index is 275. The van der Waals surface area contributed by atoms with Crippen molar-refractivity contribution in [2.24, 2.45) is 5.92 Å². The van der Waals surface area contributed by atoms with Crippen molar-refractivity contribution in [1.29, 1.82) is 0 Å². The summed E-state index contributed by atoms with van der Waals surface area (Å²) in [4.78, 5) is 1.51. The fraction of sp³-hybridized carbons (Fsp3) is 0.692. The molecule has 0 spiro atoms. The molecule has 0 radical (unpaired) electrons. The molecule has 0 amide bonds. The van der Waals surface area contributed by atoms with Crippen LogP contribution in [0.15, 0.2) is 17.5 Å². The molecule has 84 valence electrons. The third-order valence-electron chi connectivity index (χ3n) is 3.27. The fourth-order valence-electron chi connectivity index (χ4n) is 2.41. The van der Waals surface area contributed by atoms with E-state index in [1.807, 2.05) is 11.3 Å². The largest absolute Gasteiger partial charge is 0.306 e. The van der Waals surface area contributed by atoms with E-state index in [-0.39, 0.29) is 0 Å². The van der Waals surface area contributed by atoms with Crippen LogP contribution in [0.1, 0.15) is 50.4 Å². The molecule has 0 bridgehead atoms.